The molecule has 0 spiro atoms. The number of ether oxygens (including phenoxy) is 1. The average molecular weight is 342 g/mol. The van der Waals surface area contributed by atoms with Crippen LogP contribution in [0.4, 0.5) is 10.1 Å². The van der Waals surface area contributed by atoms with E-state index in [1.54, 1.807) is 19.1 Å². The number of para-hydroxylation sites is 1. The summed E-state index contributed by atoms with van der Waals surface area (Å²) >= 11 is 0. The molecule has 2 aromatic rings. The molecule has 1 heterocycles. The fraction of sp³-hybridized carbons (Fsp3) is 0.350. The molecule has 1 fully saturated rings. The largest absolute Gasteiger partial charge is 0.481 e. The lowest BCUT2D eigenvalue weighted by molar-refractivity contribution is -0.138. The van der Waals surface area contributed by atoms with Crippen molar-refractivity contribution >= 4 is 11.6 Å². The van der Waals surface area contributed by atoms with E-state index in [2.05, 4.69) is 5.32 Å². The summed E-state index contributed by atoms with van der Waals surface area (Å²) in [4.78, 5) is 14.4. The minimum absolute atomic E-state index is 0.0177. The predicted octanol–water partition coefficient (Wildman–Crippen LogP) is 3.70. The molecule has 1 atom stereocenters. The van der Waals surface area contributed by atoms with E-state index in [0.717, 1.165) is 18.5 Å². The number of carbonyl (C=O) groups excluding carboxylic acids is 1. The van der Waals surface area contributed by atoms with E-state index in [9.17, 15) is 9.18 Å². The fourth-order valence-corrected chi connectivity index (χ4v) is 3.04. The predicted molar refractivity (Wildman–Crippen MR) is 96.2 cm³/mol. The van der Waals surface area contributed by atoms with Crippen LogP contribution < -0.4 is 10.1 Å². The van der Waals surface area contributed by atoms with E-state index in [0.29, 0.717) is 24.9 Å². The van der Waals surface area contributed by atoms with Gasteiger partial charge in [0.1, 0.15) is 11.6 Å². The number of piperidine rings is 1. The zero-order valence-electron chi connectivity index (χ0n) is 14.3. The number of amides is 1. The third kappa shape index (κ3) is 4.72. The Balaban J connectivity index is 1.48. The first-order valence-electron chi connectivity index (χ1n) is 8.64. The Morgan fingerprint density at radius 3 is 2.40 bits per heavy atom. The van der Waals surface area contributed by atoms with Crippen LogP contribution in [0.25, 0.3) is 0 Å². The van der Waals surface area contributed by atoms with Crippen LogP contribution >= 0.6 is 0 Å². The van der Waals surface area contributed by atoms with Gasteiger partial charge in [0.25, 0.3) is 5.91 Å². The van der Waals surface area contributed by atoms with Crippen LogP contribution in [-0.4, -0.2) is 36.0 Å². The van der Waals surface area contributed by atoms with Gasteiger partial charge in [0.2, 0.25) is 0 Å². The first-order valence-corrected chi connectivity index (χ1v) is 8.64. The SMILES string of the molecule is CC(Oc1ccccc1)C(=O)N1CCC(Nc2ccc(F)cc2)CC1. The maximum absolute atomic E-state index is 13.0. The van der Waals surface area contributed by atoms with Crippen LogP contribution in [-0.2, 0) is 4.79 Å². The summed E-state index contributed by atoms with van der Waals surface area (Å²) in [5.41, 5.74) is 0.909. The molecule has 5 heteroatoms. The molecule has 1 N–H and O–H groups in total. The minimum Gasteiger partial charge on any atom is -0.481 e. The Morgan fingerprint density at radius 1 is 1.12 bits per heavy atom. The molecular formula is C20H23FN2O2. The van der Waals surface area contributed by atoms with Gasteiger partial charge in [-0.05, 0) is 56.2 Å². The van der Waals surface area contributed by atoms with Gasteiger partial charge in [-0.25, -0.2) is 4.39 Å². The summed E-state index contributed by atoms with van der Waals surface area (Å²) in [5, 5.41) is 3.40. The molecular weight excluding hydrogens is 319 g/mol. The second-order valence-corrected chi connectivity index (χ2v) is 6.32. The maximum atomic E-state index is 13.0. The maximum Gasteiger partial charge on any atom is 0.263 e. The van der Waals surface area contributed by atoms with Gasteiger partial charge in [0.15, 0.2) is 6.10 Å². The van der Waals surface area contributed by atoms with E-state index in [-0.39, 0.29) is 11.7 Å². The third-order valence-corrected chi connectivity index (χ3v) is 4.43. The molecule has 1 aliphatic heterocycles. The summed E-state index contributed by atoms with van der Waals surface area (Å²) in [7, 11) is 0. The van der Waals surface area contributed by atoms with Gasteiger partial charge in [-0.1, -0.05) is 18.2 Å². The molecule has 0 radical (unpaired) electrons. The van der Waals surface area contributed by atoms with Gasteiger partial charge < -0.3 is 15.0 Å². The van der Waals surface area contributed by atoms with Crippen molar-refractivity contribution in [1.82, 2.24) is 4.90 Å². The molecule has 3 rings (SSSR count). The molecule has 1 saturated heterocycles. The highest BCUT2D eigenvalue weighted by atomic mass is 19.1. The Labute approximate surface area is 147 Å². The number of benzene rings is 2. The number of rotatable bonds is 5. The molecule has 1 unspecified atom stereocenters. The highest BCUT2D eigenvalue weighted by Gasteiger charge is 2.27. The number of halogens is 1. The molecule has 2 aromatic carbocycles. The van der Waals surface area contributed by atoms with Crippen LogP contribution in [0.3, 0.4) is 0 Å². The van der Waals surface area contributed by atoms with Crippen molar-refractivity contribution in [2.75, 3.05) is 18.4 Å². The van der Waals surface area contributed by atoms with Crippen molar-refractivity contribution in [3.05, 3.63) is 60.4 Å². The fourth-order valence-electron chi connectivity index (χ4n) is 3.04. The Bertz CT molecular complexity index is 683. The Hall–Kier alpha value is -2.56. The summed E-state index contributed by atoms with van der Waals surface area (Å²) < 4.78 is 18.7. The molecule has 25 heavy (non-hydrogen) atoms. The molecule has 0 aromatic heterocycles. The molecule has 0 saturated carbocycles. The van der Waals surface area contributed by atoms with Crippen molar-refractivity contribution in [3.63, 3.8) is 0 Å². The van der Waals surface area contributed by atoms with Gasteiger partial charge in [-0.15, -0.1) is 0 Å². The number of carbonyl (C=O) groups is 1. The minimum atomic E-state index is -0.496. The van der Waals surface area contributed by atoms with Crippen LogP contribution in [0, 0.1) is 5.82 Å². The topological polar surface area (TPSA) is 41.6 Å². The van der Waals surface area contributed by atoms with Crippen LogP contribution in [0.15, 0.2) is 54.6 Å². The van der Waals surface area contributed by atoms with Crippen molar-refractivity contribution in [1.29, 1.82) is 0 Å². The summed E-state index contributed by atoms with van der Waals surface area (Å²) in [5.74, 6) is 0.485. The van der Waals surface area contributed by atoms with E-state index in [1.807, 2.05) is 35.2 Å². The lowest BCUT2D eigenvalue weighted by Crippen LogP contribution is -2.47. The summed E-state index contributed by atoms with van der Waals surface area (Å²) in [6.45, 7) is 3.18. The highest BCUT2D eigenvalue weighted by Crippen LogP contribution is 2.19. The molecule has 4 nitrogen and oxygen atoms in total. The smallest absolute Gasteiger partial charge is 0.263 e. The zero-order chi connectivity index (χ0) is 17.6. The van der Waals surface area contributed by atoms with E-state index in [1.165, 1.54) is 12.1 Å². The lowest BCUT2D eigenvalue weighted by atomic mass is 10.0. The normalized spacial score (nSPS) is 16.3. The van der Waals surface area contributed by atoms with E-state index < -0.39 is 6.10 Å². The first kappa shape index (κ1) is 17.3. The number of hydrogen-bond donors (Lipinski definition) is 1. The molecule has 1 aliphatic rings. The molecule has 132 valence electrons. The monoisotopic (exact) mass is 342 g/mol. The van der Waals surface area contributed by atoms with Crippen molar-refractivity contribution < 1.29 is 13.9 Å². The number of hydrogen-bond acceptors (Lipinski definition) is 3. The van der Waals surface area contributed by atoms with Crippen molar-refractivity contribution in [3.8, 4) is 5.75 Å². The Morgan fingerprint density at radius 2 is 1.76 bits per heavy atom. The van der Waals surface area contributed by atoms with Gasteiger partial charge in [0.05, 0.1) is 0 Å². The Kier molecular flexibility index (Phi) is 5.53. The standard InChI is InChI=1S/C20H23FN2O2/c1-15(25-19-5-3-2-4-6-19)20(24)23-13-11-18(12-14-23)22-17-9-7-16(21)8-10-17/h2-10,15,18,22H,11-14H2,1H3. The van der Waals surface area contributed by atoms with Crippen molar-refractivity contribution in [2.24, 2.45) is 0 Å². The zero-order valence-corrected chi connectivity index (χ0v) is 14.3. The molecule has 0 bridgehead atoms. The lowest BCUT2D eigenvalue weighted by Gasteiger charge is -2.34. The number of likely N-dealkylation sites (tertiary alicyclic amines) is 1. The van der Waals surface area contributed by atoms with E-state index >= 15 is 0 Å². The quantitative estimate of drug-likeness (QED) is 0.901. The van der Waals surface area contributed by atoms with Gasteiger partial charge in [-0.2, -0.15) is 0 Å². The number of nitrogens with zero attached hydrogens (tertiary/aromatic N) is 1. The number of anilines is 1. The van der Waals surface area contributed by atoms with Gasteiger partial charge in [-0.3, -0.25) is 4.79 Å². The second kappa shape index (κ2) is 8.01. The van der Waals surface area contributed by atoms with Crippen molar-refractivity contribution in [2.45, 2.75) is 31.9 Å². The first-order chi connectivity index (χ1) is 12.1. The van der Waals surface area contributed by atoms with Gasteiger partial charge in [0, 0.05) is 24.8 Å². The van der Waals surface area contributed by atoms with Gasteiger partial charge >= 0.3 is 0 Å². The molecule has 0 aliphatic carbocycles. The highest BCUT2D eigenvalue weighted by molar-refractivity contribution is 5.81. The van der Waals surface area contributed by atoms with Crippen LogP contribution in [0.2, 0.25) is 0 Å². The third-order valence-electron chi connectivity index (χ3n) is 4.43. The summed E-state index contributed by atoms with van der Waals surface area (Å²) in [6, 6.07) is 16.1. The molecule has 1 amide bonds. The summed E-state index contributed by atoms with van der Waals surface area (Å²) in [6.07, 6.45) is 1.23. The second-order valence-electron chi connectivity index (χ2n) is 6.32. The van der Waals surface area contributed by atoms with Crippen LogP contribution in [0.5, 0.6) is 5.75 Å². The van der Waals surface area contributed by atoms with E-state index in [4.69, 9.17) is 4.74 Å². The number of nitrogens with one attached hydrogen (secondary N) is 1. The average Bonchev–Trinajstić information content (AvgIpc) is 2.64. The van der Waals surface area contributed by atoms with Crippen LogP contribution in [0.1, 0.15) is 19.8 Å².